The molecule has 1 aromatic carbocycles. The van der Waals surface area contributed by atoms with Gasteiger partial charge in [0.1, 0.15) is 5.39 Å². The molecule has 9 heteroatoms. The lowest BCUT2D eigenvalue weighted by atomic mass is 9.94. The van der Waals surface area contributed by atoms with Crippen LogP contribution < -0.4 is 15.6 Å². The summed E-state index contributed by atoms with van der Waals surface area (Å²) in [6.45, 7) is 6.36. The Morgan fingerprint density at radius 3 is 2.89 bits per heavy atom. The molecule has 3 aromatic heterocycles. The number of aromatic nitrogens is 5. The summed E-state index contributed by atoms with van der Waals surface area (Å²) in [4.78, 5) is 29.5. The minimum Gasteiger partial charge on any atom is -0.478 e. The molecule has 0 aliphatic carbocycles. The molecule has 0 unspecified atom stereocenters. The largest absolute Gasteiger partial charge is 0.478 e. The highest BCUT2D eigenvalue weighted by Gasteiger charge is 2.34. The van der Waals surface area contributed by atoms with Crippen molar-refractivity contribution < 1.29 is 4.74 Å². The van der Waals surface area contributed by atoms with E-state index in [1.807, 2.05) is 24.3 Å². The zero-order valence-electron chi connectivity index (χ0n) is 20.7. The molecule has 0 atom stereocenters. The van der Waals surface area contributed by atoms with Crippen molar-refractivity contribution in [1.29, 1.82) is 0 Å². The Kier molecular flexibility index (Phi) is 5.37. The normalized spacial score (nSPS) is 17.1. The van der Waals surface area contributed by atoms with Crippen molar-refractivity contribution in [2.45, 2.75) is 45.3 Å². The Morgan fingerprint density at radius 2 is 2.00 bits per heavy atom. The number of allylic oxidation sites excluding steroid dienone is 2. The Labute approximate surface area is 209 Å². The summed E-state index contributed by atoms with van der Waals surface area (Å²) < 4.78 is 9.21. The van der Waals surface area contributed by atoms with Crippen molar-refractivity contribution in [3.8, 4) is 11.7 Å². The molecular formula is C27H29N7O2. The van der Waals surface area contributed by atoms with Gasteiger partial charge in [-0.15, -0.1) is 0 Å². The number of pyridine rings is 1. The van der Waals surface area contributed by atoms with Crippen molar-refractivity contribution >= 4 is 22.7 Å². The highest BCUT2D eigenvalue weighted by Crippen LogP contribution is 2.38. The molecule has 0 saturated heterocycles. The van der Waals surface area contributed by atoms with Crippen LogP contribution in [0.3, 0.4) is 0 Å². The van der Waals surface area contributed by atoms with Crippen LogP contribution in [0.15, 0.2) is 59.5 Å². The smallest absolute Gasteiger partial charge is 0.278 e. The molecule has 0 amide bonds. The van der Waals surface area contributed by atoms with Gasteiger partial charge in [0.15, 0.2) is 11.5 Å². The number of hydrogen-bond acceptors (Lipinski definition) is 7. The Morgan fingerprint density at radius 1 is 1.11 bits per heavy atom. The van der Waals surface area contributed by atoms with Crippen molar-refractivity contribution in [3.05, 3.63) is 76.2 Å². The second-order valence-corrected chi connectivity index (χ2v) is 9.84. The summed E-state index contributed by atoms with van der Waals surface area (Å²) in [5, 5.41) is 3.77. The van der Waals surface area contributed by atoms with Gasteiger partial charge >= 0.3 is 0 Å². The Bertz CT molecular complexity index is 1550. The summed E-state index contributed by atoms with van der Waals surface area (Å²) in [6, 6.07) is 11.9. The predicted octanol–water partition coefficient (Wildman–Crippen LogP) is 4.13. The van der Waals surface area contributed by atoms with Gasteiger partial charge in [-0.1, -0.05) is 24.3 Å². The van der Waals surface area contributed by atoms with Gasteiger partial charge in [-0.25, -0.2) is 14.3 Å². The minimum atomic E-state index is -0.158. The summed E-state index contributed by atoms with van der Waals surface area (Å²) >= 11 is 0. The molecule has 4 aromatic rings. The number of hydrogen-bond donors (Lipinski definition) is 1. The van der Waals surface area contributed by atoms with Crippen LogP contribution in [0.1, 0.15) is 37.8 Å². The van der Waals surface area contributed by atoms with E-state index in [0.717, 1.165) is 25.1 Å². The molecule has 184 valence electrons. The fourth-order valence-corrected chi connectivity index (χ4v) is 4.95. The zero-order chi connectivity index (χ0) is 24.9. The minimum absolute atomic E-state index is 0.00241. The maximum Gasteiger partial charge on any atom is 0.278 e. The van der Waals surface area contributed by atoms with Crippen LogP contribution in [-0.2, 0) is 18.6 Å². The van der Waals surface area contributed by atoms with Crippen LogP contribution in [0.25, 0.3) is 16.9 Å². The monoisotopic (exact) mass is 483 g/mol. The molecule has 2 bridgehead atoms. The van der Waals surface area contributed by atoms with Crippen molar-refractivity contribution in [3.63, 3.8) is 0 Å². The van der Waals surface area contributed by atoms with E-state index in [2.05, 4.69) is 65.4 Å². The first-order valence-corrected chi connectivity index (χ1v) is 12.3. The fraction of sp³-hybridized carbons (Fsp3) is 0.333. The third kappa shape index (κ3) is 3.76. The van der Waals surface area contributed by atoms with E-state index in [4.69, 9.17) is 9.72 Å². The average molecular weight is 484 g/mol. The Hall–Kier alpha value is -3.98. The SMILES string of the molecule is CN1Cc2cc(Nc3ncc4c(=O)n5n(c4n3)-c3cccc(n3)OCCCC=CC5)ccc2C1(C)C. The molecule has 0 fully saturated rings. The average Bonchev–Trinajstić information content (AvgIpc) is 3.26. The highest BCUT2D eigenvalue weighted by atomic mass is 16.5. The lowest BCUT2D eigenvalue weighted by Crippen LogP contribution is -2.31. The lowest BCUT2D eigenvalue weighted by Gasteiger charge is -2.28. The van der Waals surface area contributed by atoms with Gasteiger partial charge in [0.25, 0.3) is 5.56 Å². The van der Waals surface area contributed by atoms with Gasteiger partial charge in [-0.05, 0) is 63.1 Å². The van der Waals surface area contributed by atoms with E-state index >= 15 is 0 Å². The summed E-state index contributed by atoms with van der Waals surface area (Å²) in [5.74, 6) is 1.51. The number of nitrogens with zero attached hydrogens (tertiary/aromatic N) is 6. The molecular weight excluding hydrogens is 454 g/mol. The topological polar surface area (TPSA) is 90.1 Å². The first kappa shape index (κ1) is 22.5. The van der Waals surface area contributed by atoms with E-state index in [-0.39, 0.29) is 11.1 Å². The van der Waals surface area contributed by atoms with E-state index in [1.165, 1.54) is 11.1 Å². The van der Waals surface area contributed by atoms with Gasteiger partial charge in [0.05, 0.1) is 13.2 Å². The fourth-order valence-electron chi connectivity index (χ4n) is 4.95. The van der Waals surface area contributed by atoms with Crippen LogP contribution in [0.2, 0.25) is 0 Å². The predicted molar refractivity (Wildman–Crippen MR) is 139 cm³/mol. The summed E-state index contributed by atoms with van der Waals surface area (Å²) in [5.41, 5.74) is 3.86. The molecule has 0 radical (unpaired) electrons. The third-order valence-corrected chi connectivity index (χ3v) is 7.19. The van der Waals surface area contributed by atoms with E-state index in [9.17, 15) is 4.79 Å². The van der Waals surface area contributed by atoms with E-state index in [0.29, 0.717) is 41.8 Å². The quantitative estimate of drug-likeness (QED) is 0.429. The van der Waals surface area contributed by atoms with E-state index in [1.54, 1.807) is 15.6 Å². The highest BCUT2D eigenvalue weighted by molar-refractivity contribution is 5.77. The van der Waals surface area contributed by atoms with Gasteiger partial charge in [-0.3, -0.25) is 9.69 Å². The third-order valence-electron chi connectivity index (χ3n) is 7.19. The van der Waals surface area contributed by atoms with Crippen molar-refractivity contribution in [1.82, 2.24) is 29.2 Å². The standard InChI is InChI=1S/C27H29N7O2/c1-27(2)21-12-11-19(15-18(21)17-32(27)3)29-26-28-16-20-24(31-26)34-22-9-8-10-23(30-22)36-14-7-5-4-6-13-33(34)25(20)35/h4,6,8-12,15-16H,5,7,13-14,17H2,1-3H3,(H,28,29,31). The van der Waals surface area contributed by atoms with Crippen molar-refractivity contribution in [2.75, 3.05) is 19.0 Å². The second kappa shape index (κ2) is 8.60. The molecule has 1 N–H and O–H groups in total. The molecule has 2 aliphatic heterocycles. The Balaban J connectivity index is 1.43. The maximum atomic E-state index is 13.3. The van der Waals surface area contributed by atoms with Crippen LogP contribution in [0.4, 0.5) is 11.6 Å². The van der Waals surface area contributed by atoms with Crippen LogP contribution in [0, 0.1) is 0 Å². The molecule has 36 heavy (non-hydrogen) atoms. The second-order valence-electron chi connectivity index (χ2n) is 9.84. The van der Waals surface area contributed by atoms with Crippen LogP contribution in [0.5, 0.6) is 5.88 Å². The molecule has 2 aliphatic rings. The summed E-state index contributed by atoms with van der Waals surface area (Å²) in [6.07, 6.45) is 7.42. The molecule has 0 spiro atoms. The van der Waals surface area contributed by atoms with Gasteiger partial charge < -0.3 is 10.1 Å². The van der Waals surface area contributed by atoms with Gasteiger partial charge in [0.2, 0.25) is 11.8 Å². The van der Waals surface area contributed by atoms with Crippen LogP contribution >= 0.6 is 0 Å². The zero-order valence-corrected chi connectivity index (χ0v) is 20.7. The molecule has 6 rings (SSSR count). The first-order valence-electron chi connectivity index (χ1n) is 12.3. The van der Waals surface area contributed by atoms with Crippen LogP contribution in [-0.4, -0.2) is 42.9 Å². The van der Waals surface area contributed by atoms with Crippen molar-refractivity contribution in [2.24, 2.45) is 0 Å². The van der Waals surface area contributed by atoms with Gasteiger partial charge in [-0.2, -0.15) is 9.97 Å². The number of fused-ring (bicyclic) bond motifs is 7. The molecule has 9 nitrogen and oxygen atoms in total. The molecule has 5 heterocycles. The number of ether oxygens (including phenoxy) is 1. The number of nitrogens with one attached hydrogen (secondary N) is 1. The number of rotatable bonds is 2. The number of benzene rings is 1. The molecule has 0 saturated carbocycles. The summed E-state index contributed by atoms with van der Waals surface area (Å²) in [7, 11) is 2.14. The van der Waals surface area contributed by atoms with E-state index < -0.39 is 0 Å². The number of anilines is 2. The maximum absolute atomic E-state index is 13.3. The first-order chi connectivity index (χ1) is 17.4. The lowest BCUT2D eigenvalue weighted by molar-refractivity contribution is 0.178. The van der Waals surface area contributed by atoms with Gasteiger partial charge in [0, 0.05) is 30.0 Å².